The second-order valence-corrected chi connectivity index (χ2v) is 5.65. The first-order chi connectivity index (χ1) is 10.2. The lowest BCUT2D eigenvalue weighted by Crippen LogP contribution is -2.15. The molecule has 0 saturated heterocycles. The summed E-state index contributed by atoms with van der Waals surface area (Å²) in [7, 11) is 1.65. The zero-order chi connectivity index (χ0) is 14.8. The van der Waals surface area contributed by atoms with E-state index < -0.39 is 0 Å². The number of nitrogens with one attached hydrogen (secondary N) is 1. The van der Waals surface area contributed by atoms with Gasteiger partial charge in [-0.3, -0.25) is 0 Å². The van der Waals surface area contributed by atoms with Crippen LogP contribution in [0.3, 0.4) is 0 Å². The second kappa shape index (κ2) is 5.86. The standard InChI is InChI=1S/C18H20FNO/c1-12-9-14(4-8-18(12)21-2)16-10-13(3-7-17(16)19)11-20-15-5-6-15/h3-4,7-10,15,20H,5-6,11H2,1-2H3. The molecule has 0 bridgehead atoms. The van der Waals surface area contributed by atoms with Crippen molar-refractivity contribution in [2.24, 2.45) is 0 Å². The molecular formula is C18H20FNO. The summed E-state index contributed by atoms with van der Waals surface area (Å²) in [6, 6.07) is 11.8. The van der Waals surface area contributed by atoms with E-state index in [9.17, 15) is 4.39 Å². The van der Waals surface area contributed by atoms with E-state index in [2.05, 4.69) is 5.32 Å². The summed E-state index contributed by atoms with van der Waals surface area (Å²) < 4.78 is 19.4. The molecule has 0 amide bonds. The van der Waals surface area contributed by atoms with Crippen molar-refractivity contribution >= 4 is 0 Å². The number of hydrogen-bond acceptors (Lipinski definition) is 2. The van der Waals surface area contributed by atoms with Gasteiger partial charge in [0.15, 0.2) is 0 Å². The van der Waals surface area contributed by atoms with Crippen molar-refractivity contribution in [2.45, 2.75) is 32.4 Å². The van der Waals surface area contributed by atoms with Crippen LogP contribution >= 0.6 is 0 Å². The lowest BCUT2D eigenvalue weighted by atomic mass is 10.00. The highest BCUT2D eigenvalue weighted by Gasteiger charge is 2.20. The fourth-order valence-electron chi connectivity index (χ4n) is 2.50. The van der Waals surface area contributed by atoms with Crippen LogP contribution in [0.4, 0.5) is 4.39 Å². The minimum absolute atomic E-state index is 0.185. The van der Waals surface area contributed by atoms with E-state index in [0.29, 0.717) is 11.6 Å². The van der Waals surface area contributed by atoms with Crippen LogP contribution in [0.1, 0.15) is 24.0 Å². The zero-order valence-electron chi connectivity index (χ0n) is 12.4. The Labute approximate surface area is 125 Å². The maximum atomic E-state index is 14.1. The van der Waals surface area contributed by atoms with Gasteiger partial charge in [-0.1, -0.05) is 12.1 Å². The van der Waals surface area contributed by atoms with Gasteiger partial charge in [0.05, 0.1) is 7.11 Å². The van der Waals surface area contributed by atoms with Gasteiger partial charge in [0.2, 0.25) is 0 Å². The Morgan fingerprint density at radius 3 is 2.67 bits per heavy atom. The maximum absolute atomic E-state index is 14.1. The Kier molecular flexibility index (Phi) is 3.93. The van der Waals surface area contributed by atoms with Crippen LogP contribution in [-0.4, -0.2) is 13.2 Å². The Balaban J connectivity index is 1.88. The molecule has 0 heterocycles. The molecule has 1 N–H and O–H groups in total. The average Bonchev–Trinajstić information content (AvgIpc) is 3.30. The normalized spacial score (nSPS) is 14.2. The first-order valence-corrected chi connectivity index (χ1v) is 7.34. The molecule has 0 aliphatic heterocycles. The summed E-state index contributed by atoms with van der Waals surface area (Å²) in [5, 5.41) is 3.46. The lowest BCUT2D eigenvalue weighted by molar-refractivity contribution is 0.412. The van der Waals surface area contributed by atoms with Crippen molar-refractivity contribution in [1.82, 2.24) is 5.32 Å². The van der Waals surface area contributed by atoms with Gasteiger partial charge >= 0.3 is 0 Å². The highest BCUT2D eigenvalue weighted by Crippen LogP contribution is 2.29. The fraction of sp³-hybridized carbons (Fsp3) is 0.333. The molecule has 2 nitrogen and oxygen atoms in total. The first kappa shape index (κ1) is 14.1. The number of methoxy groups -OCH3 is 1. The van der Waals surface area contributed by atoms with E-state index in [1.54, 1.807) is 13.2 Å². The smallest absolute Gasteiger partial charge is 0.131 e. The summed E-state index contributed by atoms with van der Waals surface area (Å²) in [6.45, 7) is 2.77. The Morgan fingerprint density at radius 2 is 2.00 bits per heavy atom. The molecule has 0 spiro atoms. The Hall–Kier alpha value is -1.87. The summed E-state index contributed by atoms with van der Waals surface area (Å²) in [4.78, 5) is 0. The number of hydrogen-bond donors (Lipinski definition) is 1. The fourth-order valence-corrected chi connectivity index (χ4v) is 2.50. The van der Waals surface area contributed by atoms with E-state index in [-0.39, 0.29) is 5.82 Å². The number of rotatable bonds is 5. The van der Waals surface area contributed by atoms with Gasteiger partial charge in [-0.25, -0.2) is 4.39 Å². The lowest BCUT2D eigenvalue weighted by Gasteiger charge is -2.10. The van der Waals surface area contributed by atoms with Crippen LogP contribution in [0.2, 0.25) is 0 Å². The van der Waals surface area contributed by atoms with Crippen LogP contribution in [0.15, 0.2) is 36.4 Å². The number of ether oxygens (including phenoxy) is 1. The maximum Gasteiger partial charge on any atom is 0.131 e. The molecule has 1 saturated carbocycles. The van der Waals surface area contributed by atoms with Crippen LogP contribution in [0, 0.1) is 12.7 Å². The average molecular weight is 285 g/mol. The van der Waals surface area contributed by atoms with Crippen molar-refractivity contribution in [1.29, 1.82) is 0 Å². The van der Waals surface area contributed by atoms with Crippen molar-refractivity contribution in [3.8, 4) is 16.9 Å². The summed E-state index contributed by atoms with van der Waals surface area (Å²) >= 11 is 0. The van der Waals surface area contributed by atoms with Gasteiger partial charge in [0.25, 0.3) is 0 Å². The van der Waals surface area contributed by atoms with Crippen molar-refractivity contribution in [2.75, 3.05) is 7.11 Å². The molecule has 3 heteroatoms. The third-order valence-corrected chi connectivity index (χ3v) is 3.91. The van der Waals surface area contributed by atoms with Crippen molar-refractivity contribution < 1.29 is 9.13 Å². The predicted octanol–water partition coefficient (Wildman–Crippen LogP) is 4.06. The molecule has 3 rings (SSSR count). The van der Waals surface area contributed by atoms with Crippen LogP contribution in [0.25, 0.3) is 11.1 Å². The monoisotopic (exact) mass is 285 g/mol. The minimum Gasteiger partial charge on any atom is -0.496 e. The largest absolute Gasteiger partial charge is 0.496 e. The predicted molar refractivity (Wildman–Crippen MR) is 83.0 cm³/mol. The second-order valence-electron chi connectivity index (χ2n) is 5.65. The molecule has 2 aromatic carbocycles. The molecule has 21 heavy (non-hydrogen) atoms. The molecule has 110 valence electrons. The van der Waals surface area contributed by atoms with E-state index >= 15 is 0 Å². The molecule has 1 fully saturated rings. The number of benzene rings is 2. The molecule has 0 atom stereocenters. The summed E-state index contributed by atoms with van der Waals surface area (Å²) in [5.41, 5.74) is 3.66. The zero-order valence-corrected chi connectivity index (χ0v) is 12.4. The highest BCUT2D eigenvalue weighted by atomic mass is 19.1. The summed E-state index contributed by atoms with van der Waals surface area (Å²) in [6.07, 6.45) is 2.51. The van der Waals surface area contributed by atoms with Crippen molar-refractivity contribution in [3.63, 3.8) is 0 Å². The molecule has 0 radical (unpaired) electrons. The van der Waals surface area contributed by atoms with E-state index in [0.717, 1.165) is 29.0 Å². The molecular weight excluding hydrogens is 265 g/mol. The van der Waals surface area contributed by atoms with E-state index in [4.69, 9.17) is 4.74 Å². The number of aryl methyl sites for hydroxylation is 1. The topological polar surface area (TPSA) is 21.3 Å². The molecule has 1 aliphatic carbocycles. The van der Waals surface area contributed by atoms with Gasteiger partial charge in [-0.15, -0.1) is 0 Å². The third-order valence-electron chi connectivity index (χ3n) is 3.91. The van der Waals surface area contributed by atoms with Crippen LogP contribution < -0.4 is 10.1 Å². The van der Waals surface area contributed by atoms with Gasteiger partial charge in [0.1, 0.15) is 11.6 Å². The molecule has 1 aliphatic rings. The van der Waals surface area contributed by atoms with E-state index in [1.807, 2.05) is 37.3 Å². The SMILES string of the molecule is COc1ccc(-c2cc(CNC3CC3)ccc2F)cc1C. The first-order valence-electron chi connectivity index (χ1n) is 7.34. The Morgan fingerprint density at radius 1 is 1.19 bits per heavy atom. The van der Waals surface area contributed by atoms with Gasteiger partial charge in [0, 0.05) is 18.2 Å². The summed E-state index contributed by atoms with van der Waals surface area (Å²) in [5.74, 6) is 0.639. The third kappa shape index (κ3) is 3.24. The van der Waals surface area contributed by atoms with E-state index in [1.165, 1.54) is 12.8 Å². The molecule has 2 aromatic rings. The van der Waals surface area contributed by atoms with Crippen LogP contribution in [-0.2, 0) is 6.54 Å². The van der Waals surface area contributed by atoms with Crippen molar-refractivity contribution in [3.05, 3.63) is 53.3 Å². The van der Waals surface area contributed by atoms with Gasteiger partial charge in [-0.2, -0.15) is 0 Å². The highest BCUT2D eigenvalue weighted by molar-refractivity contribution is 5.67. The molecule has 0 aromatic heterocycles. The van der Waals surface area contributed by atoms with Gasteiger partial charge in [-0.05, 0) is 60.7 Å². The van der Waals surface area contributed by atoms with Gasteiger partial charge < -0.3 is 10.1 Å². The van der Waals surface area contributed by atoms with Crippen LogP contribution in [0.5, 0.6) is 5.75 Å². The quantitative estimate of drug-likeness (QED) is 0.894. The molecule has 0 unspecified atom stereocenters. The minimum atomic E-state index is -0.185. The Bertz CT molecular complexity index is 650. The number of halogens is 1.